The summed E-state index contributed by atoms with van der Waals surface area (Å²) in [5.41, 5.74) is 3.40. The summed E-state index contributed by atoms with van der Waals surface area (Å²) >= 11 is 3.80. The van der Waals surface area contributed by atoms with Gasteiger partial charge in [-0.25, -0.2) is 9.97 Å². The fraction of sp³-hybridized carbons (Fsp3) is 0.200. The van der Waals surface area contributed by atoms with Crippen molar-refractivity contribution in [1.29, 1.82) is 0 Å². The van der Waals surface area contributed by atoms with Crippen LogP contribution in [0, 0.1) is 0 Å². The van der Waals surface area contributed by atoms with E-state index >= 15 is 0 Å². The number of nitrogens with zero attached hydrogens (tertiary/aromatic N) is 2. The fourth-order valence-corrected chi connectivity index (χ4v) is 5.94. The topological polar surface area (TPSA) is 102 Å². The second-order valence-electron chi connectivity index (χ2n) is 8.89. The van der Waals surface area contributed by atoms with Gasteiger partial charge in [0.05, 0.1) is 34.4 Å². The van der Waals surface area contributed by atoms with Gasteiger partial charge in [-0.2, -0.15) is 0 Å². The Morgan fingerprint density at radius 2 is 1.07 bits per heavy atom. The molecule has 0 spiro atoms. The molecule has 3 aromatic heterocycles. The molecule has 0 saturated carbocycles. The number of benzene rings is 2. The van der Waals surface area contributed by atoms with Gasteiger partial charge in [-0.15, -0.1) is 34.0 Å². The molecule has 0 saturated heterocycles. The number of rotatable bonds is 12. The van der Waals surface area contributed by atoms with Gasteiger partial charge >= 0.3 is 0 Å². The Bertz CT molecular complexity index is 1490. The van der Waals surface area contributed by atoms with Gasteiger partial charge in [-0.1, -0.05) is 13.8 Å². The van der Waals surface area contributed by atoms with Crippen LogP contribution in [0.15, 0.2) is 71.4 Å². The number of nitrogens with one attached hydrogen (secondary N) is 2. The van der Waals surface area contributed by atoms with Gasteiger partial charge in [0, 0.05) is 21.9 Å². The first-order valence-corrected chi connectivity index (χ1v) is 15.7. The number of ether oxygens (including phenoxy) is 2. The number of thiophene rings is 1. The Balaban J connectivity index is 1.16. The van der Waals surface area contributed by atoms with Gasteiger partial charge < -0.3 is 9.47 Å². The predicted octanol–water partition coefficient (Wildman–Crippen LogP) is 8.08. The smallest absolute Gasteiger partial charge is 0.267 e. The van der Waals surface area contributed by atoms with E-state index in [1.165, 1.54) is 22.7 Å². The Morgan fingerprint density at radius 1 is 0.659 bits per heavy atom. The molecule has 2 amide bonds. The lowest BCUT2D eigenvalue weighted by atomic mass is 10.2. The molecule has 0 bridgehead atoms. The highest BCUT2D eigenvalue weighted by Gasteiger charge is 2.17. The zero-order chi connectivity index (χ0) is 28.6. The quantitative estimate of drug-likeness (QED) is 0.149. The summed E-state index contributed by atoms with van der Waals surface area (Å²) in [7, 11) is 0. The van der Waals surface area contributed by atoms with E-state index in [1.54, 1.807) is 12.1 Å². The number of carbonyl (C=O) groups is 2. The maximum atomic E-state index is 12.8. The summed E-state index contributed by atoms with van der Waals surface area (Å²) < 4.78 is 11.3. The third-order valence-electron chi connectivity index (χ3n) is 5.75. The SMILES string of the molecule is CCCOc1ccc(-c2csc(NC(=O)c3ccc(C(=O)Nc4nc(-c5ccc(OCCC)cc5)cs4)s3)n2)cc1. The molecule has 2 N–H and O–H groups in total. The maximum Gasteiger partial charge on any atom is 0.267 e. The van der Waals surface area contributed by atoms with Crippen molar-refractivity contribution in [2.45, 2.75) is 26.7 Å². The van der Waals surface area contributed by atoms with E-state index in [9.17, 15) is 9.59 Å². The second kappa shape index (κ2) is 13.5. The predicted molar refractivity (Wildman–Crippen MR) is 167 cm³/mol. The van der Waals surface area contributed by atoms with E-state index in [4.69, 9.17) is 9.47 Å². The van der Waals surface area contributed by atoms with Crippen LogP contribution in [-0.4, -0.2) is 35.0 Å². The van der Waals surface area contributed by atoms with Crippen molar-refractivity contribution in [3.8, 4) is 34.0 Å². The van der Waals surface area contributed by atoms with Crippen LogP contribution in [0.5, 0.6) is 11.5 Å². The third-order valence-corrected chi connectivity index (χ3v) is 8.35. The largest absolute Gasteiger partial charge is 0.494 e. The Labute approximate surface area is 250 Å². The first kappa shape index (κ1) is 28.5. The summed E-state index contributed by atoms with van der Waals surface area (Å²) in [6, 6.07) is 18.7. The van der Waals surface area contributed by atoms with Gasteiger partial charge in [0.15, 0.2) is 10.3 Å². The number of hydrogen-bond donors (Lipinski definition) is 2. The fourth-order valence-electron chi connectivity index (χ4n) is 3.71. The molecule has 0 unspecified atom stereocenters. The van der Waals surface area contributed by atoms with Gasteiger partial charge in [0.25, 0.3) is 11.8 Å². The molecule has 8 nitrogen and oxygen atoms in total. The molecular formula is C30H28N4O4S3. The monoisotopic (exact) mass is 604 g/mol. The first-order chi connectivity index (χ1) is 20.0. The first-order valence-electron chi connectivity index (χ1n) is 13.1. The minimum absolute atomic E-state index is 0.318. The number of aromatic nitrogens is 2. The zero-order valence-corrected chi connectivity index (χ0v) is 25.0. The molecule has 5 rings (SSSR count). The summed E-state index contributed by atoms with van der Waals surface area (Å²) in [4.78, 5) is 35.6. The zero-order valence-electron chi connectivity index (χ0n) is 22.5. The van der Waals surface area contributed by atoms with E-state index in [-0.39, 0.29) is 11.8 Å². The normalized spacial score (nSPS) is 10.8. The summed E-state index contributed by atoms with van der Waals surface area (Å²) in [5.74, 6) is 0.993. The van der Waals surface area contributed by atoms with Gasteiger partial charge in [-0.3, -0.25) is 20.2 Å². The number of carbonyl (C=O) groups excluding carboxylic acids is 2. The molecule has 41 heavy (non-hydrogen) atoms. The van der Waals surface area contributed by atoms with Crippen molar-refractivity contribution in [3.63, 3.8) is 0 Å². The minimum atomic E-state index is -0.318. The van der Waals surface area contributed by atoms with E-state index in [0.29, 0.717) is 33.2 Å². The lowest BCUT2D eigenvalue weighted by molar-refractivity contribution is 0.102. The second-order valence-corrected chi connectivity index (χ2v) is 11.7. The van der Waals surface area contributed by atoms with Crippen LogP contribution in [0.4, 0.5) is 10.3 Å². The standard InChI is InChI=1S/C30H28N4O4S3/c1-3-15-37-21-9-5-19(6-10-21)23-17-39-29(31-23)33-27(35)25-13-14-26(41-25)28(36)34-30-32-24(18-40-30)20-7-11-22(12-8-20)38-16-4-2/h5-14,17-18H,3-4,15-16H2,1-2H3,(H,31,33,35)(H,32,34,36). The average Bonchev–Trinajstić information content (AvgIpc) is 3.77. The summed E-state index contributed by atoms with van der Waals surface area (Å²) in [6.07, 6.45) is 1.90. The molecule has 0 atom stereocenters. The van der Waals surface area contributed by atoms with Crippen molar-refractivity contribution >= 4 is 56.1 Å². The van der Waals surface area contributed by atoms with Crippen LogP contribution in [-0.2, 0) is 0 Å². The van der Waals surface area contributed by atoms with Crippen molar-refractivity contribution in [3.05, 3.63) is 81.2 Å². The molecular weight excluding hydrogens is 577 g/mol. The van der Waals surface area contributed by atoms with Crippen LogP contribution >= 0.6 is 34.0 Å². The highest BCUT2D eigenvalue weighted by Crippen LogP contribution is 2.29. The molecule has 210 valence electrons. The summed E-state index contributed by atoms with van der Waals surface area (Å²) in [6.45, 7) is 5.48. The van der Waals surface area contributed by atoms with Crippen molar-refractivity contribution in [2.24, 2.45) is 0 Å². The average molecular weight is 605 g/mol. The minimum Gasteiger partial charge on any atom is -0.494 e. The third kappa shape index (κ3) is 7.37. The molecule has 0 aliphatic carbocycles. The van der Waals surface area contributed by atoms with Gasteiger partial charge in [0.2, 0.25) is 0 Å². The van der Waals surface area contributed by atoms with Gasteiger partial charge in [0.1, 0.15) is 11.5 Å². The number of amides is 2. The number of thiazole rings is 2. The Kier molecular flexibility index (Phi) is 9.40. The molecule has 0 fully saturated rings. The number of anilines is 2. The Morgan fingerprint density at radius 3 is 1.46 bits per heavy atom. The highest BCUT2D eigenvalue weighted by atomic mass is 32.1. The van der Waals surface area contributed by atoms with Crippen LogP contribution in [0.1, 0.15) is 46.0 Å². The molecule has 11 heteroatoms. The highest BCUT2D eigenvalue weighted by molar-refractivity contribution is 7.17. The van der Waals surface area contributed by atoms with E-state index in [2.05, 4.69) is 34.4 Å². The lowest BCUT2D eigenvalue weighted by Gasteiger charge is -2.04. The molecule has 0 aliphatic heterocycles. The molecule has 5 aromatic rings. The van der Waals surface area contributed by atoms with E-state index in [1.807, 2.05) is 59.3 Å². The summed E-state index contributed by atoms with van der Waals surface area (Å²) in [5, 5.41) is 10.4. The maximum absolute atomic E-state index is 12.8. The molecule has 2 aromatic carbocycles. The number of hydrogen-bond acceptors (Lipinski definition) is 9. The van der Waals surface area contributed by atoms with Crippen LogP contribution < -0.4 is 20.1 Å². The molecule has 0 radical (unpaired) electrons. The van der Waals surface area contributed by atoms with Crippen molar-refractivity contribution < 1.29 is 19.1 Å². The molecule has 3 heterocycles. The van der Waals surface area contributed by atoms with E-state index in [0.717, 1.165) is 58.2 Å². The van der Waals surface area contributed by atoms with Crippen LogP contribution in [0.25, 0.3) is 22.5 Å². The Hall–Kier alpha value is -4.06. The van der Waals surface area contributed by atoms with Crippen LogP contribution in [0.2, 0.25) is 0 Å². The van der Waals surface area contributed by atoms with E-state index < -0.39 is 0 Å². The van der Waals surface area contributed by atoms with Crippen molar-refractivity contribution in [1.82, 2.24) is 9.97 Å². The van der Waals surface area contributed by atoms with Crippen molar-refractivity contribution in [2.75, 3.05) is 23.8 Å². The molecule has 0 aliphatic rings. The lowest BCUT2D eigenvalue weighted by Crippen LogP contribution is -2.11. The van der Waals surface area contributed by atoms with Gasteiger partial charge in [-0.05, 0) is 73.5 Å². The van der Waals surface area contributed by atoms with Crippen LogP contribution in [0.3, 0.4) is 0 Å².